The summed E-state index contributed by atoms with van der Waals surface area (Å²) in [4.78, 5) is 0. The summed E-state index contributed by atoms with van der Waals surface area (Å²) in [5, 5.41) is 23.3. The predicted octanol–water partition coefficient (Wildman–Crippen LogP) is 2.83. The second-order valence-electron chi connectivity index (χ2n) is 6.51. The van der Waals surface area contributed by atoms with E-state index < -0.39 is 6.10 Å². The molecule has 0 saturated carbocycles. The molecule has 3 N–H and O–H groups in total. The third-order valence-corrected chi connectivity index (χ3v) is 4.77. The maximum atomic E-state index is 10.3. The molecule has 3 rings (SSSR count). The standard InChI is InChI=1S/C20H25NO3/c1-24-19-4-2-3-17(11-19)20(23)13-21-12-14-5-6-16-10-18(22)8-7-15(16)9-14/h2-4,7-8,10-11,14,20-23H,5-6,9,12-13H2,1H3. The van der Waals surface area contributed by atoms with Crippen LogP contribution in [0.15, 0.2) is 42.5 Å². The first-order chi connectivity index (χ1) is 11.7. The van der Waals surface area contributed by atoms with Crippen LogP contribution in [0.2, 0.25) is 0 Å². The molecular formula is C20H25NO3. The molecular weight excluding hydrogens is 302 g/mol. The third kappa shape index (κ3) is 4.08. The smallest absolute Gasteiger partial charge is 0.119 e. The number of aliphatic hydroxyl groups excluding tert-OH is 1. The Bertz CT molecular complexity index is 686. The SMILES string of the molecule is COc1cccc(C(O)CNCC2CCc3cc(O)ccc3C2)c1. The van der Waals surface area contributed by atoms with Crippen LogP contribution >= 0.6 is 0 Å². The van der Waals surface area contributed by atoms with Crippen LogP contribution in [0.3, 0.4) is 0 Å². The number of nitrogens with one attached hydrogen (secondary N) is 1. The van der Waals surface area contributed by atoms with Crippen LogP contribution in [-0.4, -0.2) is 30.4 Å². The Labute approximate surface area is 143 Å². The molecule has 2 aromatic carbocycles. The molecule has 24 heavy (non-hydrogen) atoms. The summed E-state index contributed by atoms with van der Waals surface area (Å²) >= 11 is 0. The van der Waals surface area contributed by atoms with E-state index in [-0.39, 0.29) is 0 Å². The molecule has 0 radical (unpaired) electrons. The number of rotatable bonds is 6. The highest BCUT2D eigenvalue weighted by molar-refractivity contribution is 5.36. The number of phenolic OH excluding ortho intramolecular Hbond substituents is 1. The lowest BCUT2D eigenvalue weighted by Crippen LogP contribution is -2.30. The number of ether oxygens (including phenoxy) is 1. The van der Waals surface area contributed by atoms with Crippen molar-refractivity contribution in [3.8, 4) is 11.5 Å². The van der Waals surface area contributed by atoms with E-state index in [1.54, 1.807) is 13.2 Å². The maximum absolute atomic E-state index is 10.3. The van der Waals surface area contributed by atoms with Gasteiger partial charge in [-0.25, -0.2) is 0 Å². The minimum absolute atomic E-state index is 0.353. The number of fused-ring (bicyclic) bond motifs is 1. The highest BCUT2D eigenvalue weighted by Gasteiger charge is 2.19. The Kier molecular flexibility index (Phi) is 5.38. The predicted molar refractivity (Wildman–Crippen MR) is 94.4 cm³/mol. The van der Waals surface area contributed by atoms with Crippen LogP contribution in [0, 0.1) is 5.92 Å². The number of aryl methyl sites for hydroxylation is 1. The van der Waals surface area contributed by atoms with E-state index in [0.717, 1.165) is 37.1 Å². The molecule has 4 nitrogen and oxygen atoms in total. The first kappa shape index (κ1) is 16.8. The molecule has 1 aliphatic carbocycles. The number of methoxy groups -OCH3 is 1. The van der Waals surface area contributed by atoms with E-state index in [9.17, 15) is 10.2 Å². The Morgan fingerprint density at radius 1 is 1.21 bits per heavy atom. The van der Waals surface area contributed by atoms with Crippen molar-refractivity contribution in [1.29, 1.82) is 0 Å². The van der Waals surface area contributed by atoms with Crippen LogP contribution in [-0.2, 0) is 12.8 Å². The second kappa shape index (κ2) is 7.69. The topological polar surface area (TPSA) is 61.7 Å². The molecule has 4 heteroatoms. The fourth-order valence-electron chi connectivity index (χ4n) is 3.38. The van der Waals surface area contributed by atoms with Crippen LogP contribution in [0.1, 0.15) is 29.2 Å². The van der Waals surface area contributed by atoms with Crippen molar-refractivity contribution in [2.75, 3.05) is 20.2 Å². The first-order valence-corrected chi connectivity index (χ1v) is 8.49. The molecule has 0 amide bonds. The minimum atomic E-state index is -0.534. The lowest BCUT2D eigenvalue weighted by atomic mass is 9.84. The highest BCUT2D eigenvalue weighted by Crippen LogP contribution is 2.28. The van der Waals surface area contributed by atoms with Crippen molar-refractivity contribution >= 4 is 0 Å². The molecule has 0 spiro atoms. The molecule has 2 aromatic rings. The number of phenols is 1. The van der Waals surface area contributed by atoms with Crippen LogP contribution in [0.4, 0.5) is 0 Å². The van der Waals surface area contributed by atoms with Crippen molar-refractivity contribution in [2.24, 2.45) is 5.92 Å². The van der Waals surface area contributed by atoms with Crippen molar-refractivity contribution in [3.05, 3.63) is 59.2 Å². The zero-order valence-corrected chi connectivity index (χ0v) is 14.0. The average molecular weight is 327 g/mol. The van der Waals surface area contributed by atoms with Gasteiger partial charge in [-0.15, -0.1) is 0 Å². The van der Waals surface area contributed by atoms with Gasteiger partial charge in [0, 0.05) is 6.54 Å². The van der Waals surface area contributed by atoms with Crippen molar-refractivity contribution in [2.45, 2.75) is 25.4 Å². The number of hydrogen-bond acceptors (Lipinski definition) is 4. The normalized spacial score (nSPS) is 18.0. The number of benzene rings is 2. The quantitative estimate of drug-likeness (QED) is 0.763. The second-order valence-corrected chi connectivity index (χ2v) is 6.51. The monoisotopic (exact) mass is 327 g/mol. The summed E-state index contributed by atoms with van der Waals surface area (Å²) in [5.41, 5.74) is 3.47. The van der Waals surface area contributed by atoms with E-state index >= 15 is 0 Å². The van der Waals surface area contributed by atoms with Gasteiger partial charge in [-0.3, -0.25) is 0 Å². The zero-order valence-electron chi connectivity index (χ0n) is 14.0. The van der Waals surface area contributed by atoms with Gasteiger partial charge in [0.2, 0.25) is 0 Å². The third-order valence-electron chi connectivity index (χ3n) is 4.77. The number of aliphatic hydroxyl groups is 1. The molecule has 0 fully saturated rings. The van der Waals surface area contributed by atoms with Gasteiger partial charge < -0.3 is 20.3 Å². The Morgan fingerprint density at radius 2 is 2.08 bits per heavy atom. The molecule has 0 heterocycles. The van der Waals surface area contributed by atoms with E-state index in [1.807, 2.05) is 36.4 Å². The Balaban J connectivity index is 1.49. The molecule has 2 atom stereocenters. The lowest BCUT2D eigenvalue weighted by Gasteiger charge is -2.25. The molecule has 2 unspecified atom stereocenters. The fourth-order valence-corrected chi connectivity index (χ4v) is 3.38. The summed E-state index contributed by atoms with van der Waals surface area (Å²) in [6.07, 6.45) is 2.61. The Morgan fingerprint density at radius 3 is 2.92 bits per heavy atom. The largest absolute Gasteiger partial charge is 0.508 e. The van der Waals surface area contributed by atoms with E-state index in [0.29, 0.717) is 18.2 Å². The van der Waals surface area contributed by atoms with E-state index in [4.69, 9.17) is 4.74 Å². The molecule has 0 aromatic heterocycles. The van der Waals surface area contributed by atoms with E-state index in [1.165, 1.54) is 11.1 Å². The lowest BCUT2D eigenvalue weighted by molar-refractivity contribution is 0.171. The first-order valence-electron chi connectivity index (χ1n) is 8.49. The fraction of sp³-hybridized carbons (Fsp3) is 0.400. The molecule has 0 saturated heterocycles. The maximum Gasteiger partial charge on any atom is 0.119 e. The van der Waals surface area contributed by atoms with Crippen LogP contribution in [0.25, 0.3) is 0 Å². The molecule has 0 aliphatic heterocycles. The molecule has 1 aliphatic rings. The van der Waals surface area contributed by atoms with Crippen molar-refractivity contribution in [1.82, 2.24) is 5.32 Å². The molecule has 128 valence electrons. The Hall–Kier alpha value is -2.04. The van der Waals surface area contributed by atoms with Gasteiger partial charge >= 0.3 is 0 Å². The van der Waals surface area contributed by atoms with Gasteiger partial charge in [-0.05, 0) is 72.7 Å². The van der Waals surface area contributed by atoms with E-state index in [2.05, 4.69) is 5.32 Å². The van der Waals surface area contributed by atoms with Gasteiger partial charge in [0.15, 0.2) is 0 Å². The number of aromatic hydroxyl groups is 1. The molecule has 0 bridgehead atoms. The summed E-state index contributed by atoms with van der Waals surface area (Å²) in [6.45, 7) is 1.42. The minimum Gasteiger partial charge on any atom is -0.508 e. The average Bonchev–Trinajstić information content (AvgIpc) is 2.61. The van der Waals surface area contributed by atoms with Crippen molar-refractivity contribution in [3.63, 3.8) is 0 Å². The summed E-state index contributed by atoms with van der Waals surface area (Å²) in [5.74, 6) is 1.69. The highest BCUT2D eigenvalue weighted by atomic mass is 16.5. The summed E-state index contributed by atoms with van der Waals surface area (Å²) in [7, 11) is 1.63. The van der Waals surface area contributed by atoms with Gasteiger partial charge in [-0.1, -0.05) is 18.2 Å². The summed E-state index contributed by atoms with van der Waals surface area (Å²) in [6, 6.07) is 13.2. The van der Waals surface area contributed by atoms with Crippen molar-refractivity contribution < 1.29 is 14.9 Å². The number of hydrogen-bond donors (Lipinski definition) is 3. The van der Waals surface area contributed by atoms with Gasteiger partial charge in [0.1, 0.15) is 11.5 Å². The van der Waals surface area contributed by atoms with Gasteiger partial charge in [0.05, 0.1) is 13.2 Å². The van der Waals surface area contributed by atoms with Crippen LogP contribution < -0.4 is 10.1 Å². The summed E-state index contributed by atoms with van der Waals surface area (Å²) < 4.78 is 5.20. The van der Waals surface area contributed by atoms with Gasteiger partial charge in [0.25, 0.3) is 0 Å². The van der Waals surface area contributed by atoms with Crippen LogP contribution in [0.5, 0.6) is 11.5 Å². The van der Waals surface area contributed by atoms with Gasteiger partial charge in [-0.2, -0.15) is 0 Å². The zero-order chi connectivity index (χ0) is 16.9.